The Morgan fingerprint density at radius 2 is 0.709 bits per heavy atom. The minimum absolute atomic E-state index is 0.839. The molecule has 79 heavy (non-hydrogen) atoms. The Morgan fingerprint density at radius 3 is 1.32 bits per heavy atom. The third-order valence-corrected chi connectivity index (χ3v) is 15.9. The number of furan rings is 2. The number of hydrogen-bond acceptors (Lipinski definition) is 4. The van der Waals surface area contributed by atoms with Gasteiger partial charge in [0.1, 0.15) is 11.2 Å². The van der Waals surface area contributed by atoms with E-state index in [4.69, 9.17) is 8.83 Å². The second kappa shape index (κ2) is 18.0. The fraction of sp³-hybridized carbons (Fsp3) is 0. The molecule has 13 aromatic carbocycles. The summed E-state index contributed by atoms with van der Waals surface area (Å²) in [4.78, 5) is 4.70. The molecule has 16 aromatic rings. The zero-order chi connectivity index (χ0) is 52.0. The summed E-state index contributed by atoms with van der Waals surface area (Å²) >= 11 is 0. The van der Waals surface area contributed by atoms with Gasteiger partial charge in [0.25, 0.3) is 0 Å². The zero-order valence-corrected chi connectivity index (χ0v) is 42.8. The van der Waals surface area contributed by atoms with Gasteiger partial charge in [-0.3, -0.25) is 0 Å². The minimum Gasteiger partial charge on any atom is -0.454 e. The van der Waals surface area contributed by atoms with Gasteiger partial charge in [0.05, 0.1) is 22.4 Å². The highest BCUT2D eigenvalue weighted by Gasteiger charge is 2.24. The van der Waals surface area contributed by atoms with Gasteiger partial charge in [-0.05, 0) is 141 Å². The van der Waals surface area contributed by atoms with Crippen LogP contribution in [0.25, 0.3) is 115 Å². The highest BCUT2D eigenvalue weighted by Crippen LogP contribution is 2.47. The van der Waals surface area contributed by atoms with Crippen LogP contribution in [-0.2, 0) is 0 Å². The van der Waals surface area contributed by atoms with Crippen LogP contribution >= 0.6 is 0 Å². The number of aromatic nitrogens is 1. The second-order valence-corrected chi connectivity index (χ2v) is 20.5. The van der Waals surface area contributed by atoms with Crippen molar-refractivity contribution >= 4 is 121 Å². The van der Waals surface area contributed by atoms with Crippen molar-refractivity contribution in [3.05, 3.63) is 285 Å². The number of fused-ring (bicyclic) bond motifs is 11. The lowest BCUT2D eigenvalue weighted by Gasteiger charge is -2.26. The van der Waals surface area contributed by atoms with Gasteiger partial charge in [-0.2, -0.15) is 0 Å². The maximum absolute atomic E-state index is 6.80. The molecule has 5 heteroatoms. The van der Waals surface area contributed by atoms with Crippen LogP contribution in [0.5, 0.6) is 0 Å². The maximum atomic E-state index is 6.80. The number of benzene rings is 13. The fourth-order valence-electron chi connectivity index (χ4n) is 12.1. The molecule has 3 heterocycles. The van der Waals surface area contributed by atoms with Crippen LogP contribution in [0.15, 0.2) is 294 Å². The lowest BCUT2D eigenvalue weighted by Crippen LogP contribution is -2.10. The van der Waals surface area contributed by atoms with E-state index >= 15 is 0 Å². The SMILES string of the molecule is c1ccc(-c2ccc(N(c3ccc4cc5c6ccc(N(c7ccc(-c8ccccc8)cc7)c7cccc8c7oc7ccccc78)cc6n(-c6ccc7ccccc7c6)c5cc4c3)c3cccc4c3oc3ccccc34)cc2)cc1. The van der Waals surface area contributed by atoms with E-state index in [2.05, 4.69) is 287 Å². The zero-order valence-electron chi connectivity index (χ0n) is 42.8. The van der Waals surface area contributed by atoms with Crippen LogP contribution in [0.2, 0.25) is 0 Å². The summed E-state index contributed by atoms with van der Waals surface area (Å²) in [7, 11) is 0. The van der Waals surface area contributed by atoms with Gasteiger partial charge in [-0.15, -0.1) is 0 Å². The van der Waals surface area contributed by atoms with Crippen LogP contribution in [0.3, 0.4) is 0 Å². The van der Waals surface area contributed by atoms with Gasteiger partial charge in [-0.25, -0.2) is 0 Å². The normalized spacial score (nSPS) is 11.8. The Morgan fingerprint density at radius 1 is 0.253 bits per heavy atom. The summed E-state index contributed by atoms with van der Waals surface area (Å²) in [6.45, 7) is 0. The van der Waals surface area contributed by atoms with Crippen molar-refractivity contribution in [3.8, 4) is 27.9 Å². The third-order valence-electron chi connectivity index (χ3n) is 15.9. The van der Waals surface area contributed by atoms with Crippen molar-refractivity contribution in [2.24, 2.45) is 0 Å². The van der Waals surface area contributed by atoms with Gasteiger partial charge in [0.15, 0.2) is 11.2 Å². The Bertz CT molecular complexity index is 5010. The molecule has 16 rings (SSSR count). The Hall–Kier alpha value is -10.6. The summed E-state index contributed by atoms with van der Waals surface area (Å²) in [5, 5.41) is 11.3. The fourth-order valence-corrected chi connectivity index (χ4v) is 12.1. The van der Waals surface area contributed by atoms with Gasteiger partial charge in [0, 0.05) is 60.8 Å². The number of rotatable bonds is 9. The molecule has 0 saturated heterocycles. The quantitative estimate of drug-likeness (QED) is 0.144. The van der Waals surface area contributed by atoms with Crippen LogP contribution < -0.4 is 9.80 Å². The first-order valence-electron chi connectivity index (χ1n) is 26.9. The first kappa shape index (κ1) is 44.7. The summed E-state index contributed by atoms with van der Waals surface area (Å²) in [5.74, 6) is 0. The summed E-state index contributed by atoms with van der Waals surface area (Å²) in [6, 6.07) is 103. The first-order chi connectivity index (χ1) is 39.1. The highest BCUT2D eigenvalue weighted by atomic mass is 16.3. The summed E-state index contributed by atoms with van der Waals surface area (Å²) in [6.07, 6.45) is 0. The molecule has 5 nitrogen and oxygen atoms in total. The number of para-hydroxylation sites is 4. The monoisotopic (exact) mass is 1010 g/mol. The molecule has 370 valence electrons. The van der Waals surface area contributed by atoms with E-state index in [-0.39, 0.29) is 0 Å². The number of anilines is 6. The second-order valence-electron chi connectivity index (χ2n) is 20.5. The van der Waals surface area contributed by atoms with E-state index < -0.39 is 0 Å². The molecule has 0 aliphatic carbocycles. The highest BCUT2D eigenvalue weighted by molar-refractivity contribution is 6.16. The molecule has 0 radical (unpaired) electrons. The van der Waals surface area contributed by atoms with Crippen LogP contribution in [0.1, 0.15) is 0 Å². The van der Waals surface area contributed by atoms with E-state index in [1.165, 1.54) is 27.3 Å². The standard InChI is InChI=1S/C74H47N3O2/c1-3-15-48(16-4-1)51-29-35-56(36-30-51)75(67-25-13-23-64-62-21-9-11-27-71(62)78-73(64)67)58-40-34-54-45-66-61-42-41-60(47-70(61)77(69(66)46-55(54)44-58)59-39-33-50-19-7-8-20-53(50)43-59)76(57-37-31-52(32-38-57)49-17-5-2-6-18-49)68-26-14-24-65-63-22-10-12-28-72(63)79-74(65)68/h1-47H. The topological polar surface area (TPSA) is 37.7 Å². The van der Waals surface area contributed by atoms with Gasteiger partial charge in [0.2, 0.25) is 0 Å². The van der Waals surface area contributed by atoms with Crippen molar-refractivity contribution < 1.29 is 8.83 Å². The third kappa shape index (κ3) is 7.39. The van der Waals surface area contributed by atoms with Crippen LogP contribution in [-0.4, -0.2) is 4.57 Å². The average Bonchev–Trinajstić information content (AvgIpc) is 4.22. The summed E-state index contributed by atoms with van der Waals surface area (Å²) < 4.78 is 16.0. The molecule has 0 atom stereocenters. The Labute approximate surface area is 455 Å². The minimum atomic E-state index is 0.839. The lowest BCUT2D eigenvalue weighted by atomic mass is 10.0. The average molecular weight is 1010 g/mol. The molecule has 0 aliphatic heterocycles. The molecular formula is C74H47N3O2. The molecule has 0 fully saturated rings. The summed E-state index contributed by atoms with van der Waals surface area (Å²) in [5.41, 5.74) is 17.4. The van der Waals surface area contributed by atoms with Crippen molar-refractivity contribution in [1.82, 2.24) is 4.57 Å². The van der Waals surface area contributed by atoms with Gasteiger partial charge < -0.3 is 23.2 Å². The molecule has 0 aliphatic rings. The predicted octanol–water partition coefficient (Wildman–Crippen LogP) is 21.2. The van der Waals surface area contributed by atoms with Crippen molar-refractivity contribution in [1.29, 1.82) is 0 Å². The van der Waals surface area contributed by atoms with E-state index in [1.54, 1.807) is 0 Å². The smallest absolute Gasteiger partial charge is 0.159 e. The molecule has 0 unspecified atom stereocenters. The van der Waals surface area contributed by atoms with E-state index in [0.717, 1.165) is 122 Å². The van der Waals surface area contributed by atoms with Crippen molar-refractivity contribution in [2.45, 2.75) is 0 Å². The Kier molecular flexibility index (Phi) is 10.2. The van der Waals surface area contributed by atoms with E-state index in [1.807, 2.05) is 12.1 Å². The molecule has 0 N–H and O–H groups in total. The first-order valence-corrected chi connectivity index (χ1v) is 26.9. The molecule has 0 bridgehead atoms. The Balaban J connectivity index is 0.914. The van der Waals surface area contributed by atoms with E-state index in [9.17, 15) is 0 Å². The van der Waals surface area contributed by atoms with Crippen molar-refractivity contribution in [2.75, 3.05) is 9.80 Å². The molecule has 3 aromatic heterocycles. The molecule has 0 saturated carbocycles. The van der Waals surface area contributed by atoms with Crippen LogP contribution in [0, 0.1) is 0 Å². The van der Waals surface area contributed by atoms with Gasteiger partial charge in [-0.1, -0.05) is 188 Å². The molecule has 0 spiro atoms. The van der Waals surface area contributed by atoms with Gasteiger partial charge >= 0.3 is 0 Å². The largest absolute Gasteiger partial charge is 0.454 e. The molecular weight excluding hydrogens is 963 g/mol. The van der Waals surface area contributed by atoms with Crippen molar-refractivity contribution in [3.63, 3.8) is 0 Å². The molecule has 0 amide bonds. The van der Waals surface area contributed by atoms with Crippen LogP contribution in [0.4, 0.5) is 34.1 Å². The predicted molar refractivity (Wildman–Crippen MR) is 331 cm³/mol. The van der Waals surface area contributed by atoms with E-state index in [0.29, 0.717) is 0 Å². The lowest BCUT2D eigenvalue weighted by molar-refractivity contribution is 0.668. The maximum Gasteiger partial charge on any atom is 0.159 e. The number of hydrogen-bond donors (Lipinski definition) is 0. The number of nitrogens with zero attached hydrogens (tertiary/aromatic N) is 3.